The maximum absolute atomic E-state index is 8.82. The summed E-state index contributed by atoms with van der Waals surface area (Å²) in [5, 5.41) is 20.5. The molecule has 7 heteroatoms. The molecule has 3 aromatic rings. The van der Waals surface area contributed by atoms with E-state index in [-0.39, 0.29) is 6.61 Å². The van der Waals surface area contributed by atoms with E-state index >= 15 is 0 Å². The van der Waals surface area contributed by atoms with Crippen molar-refractivity contribution in [2.75, 3.05) is 25.4 Å². The van der Waals surface area contributed by atoms with Crippen molar-refractivity contribution in [2.24, 2.45) is 0 Å². The molecule has 0 spiro atoms. The minimum Gasteiger partial charge on any atom is -0.461 e. The number of furan rings is 1. The van der Waals surface area contributed by atoms with Crippen molar-refractivity contribution in [3.8, 4) is 11.6 Å². The van der Waals surface area contributed by atoms with E-state index in [9.17, 15) is 0 Å². The molecule has 0 radical (unpaired) electrons. The van der Waals surface area contributed by atoms with Crippen LogP contribution in [0.5, 0.6) is 0 Å². The first-order valence-corrected chi connectivity index (χ1v) is 8.93. The number of aliphatic hydroxyl groups excluding tert-OH is 1. The number of nitrogens with zero attached hydrogens (tertiary/aromatic N) is 3. The molecular weight excluding hydrogens is 324 g/mol. The summed E-state index contributed by atoms with van der Waals surface area (Å²) in [5.41, 5.74) is 1.19. The molecule has 1 aromatic carbocycles. The van der Waals surface area contributed by atoms with Crippen LogP contribution in [-0.2, 0) is 6.54 Å². The number of aliphatic hydroxyl groups is 1. The smallest absolute Gasteiger partial charge is 0.200 e. The summed E-state index contributed by atoms with van der Waals surface area (Å²) >= 11 is 1.67. The van der Waals surface area contributed by atoms with Gasteiger partial charge in [-0.05, 0) is 17.7 Å². The highest BCUT2D eigenvalue weighted by Gasteiger charge is 2.16. The summed E-state index contributed by atoms with van der Waals surface area (Å²) in [6.07, 6.45) is 1.65. The lowest BCUT2D eigenvalue weighted by Gasteiger charge is -2.09. The highest BCUT2D eigenvalue weighted by Crippen LogP contribution is 2.25. The third-order valence-corrected chi connectivity index (χ3v) is 4.53. The van der Waals surface area contributed by atoms with Crippen LogP contribution in [0.15, 0.2) is 58.3 Å². The molecule has 0 saturated heterocycles. The number of nitrogens with two attached hydrogens (primary N) is 1. The lowest BCUT2D eigenvalue weighted by molar-refractivity contribution is -0.651. The third-order valence-electron chi connectivity index (χ3n) is 3.53. The summed E-state index contributed by atoms with van der Waals surface area (Å²) in [6.45, 7) is 2.57. The molecule has 126 valence electrons. The van der Waals surface area contributed by atoms with Gasteiger partial charge in [-0.25, -0.2) is 0 Å². The fraction of sp³-hybridized carbons (Fsp3) is 0.294. The summed E-state index contributed by atoms with van der Waals surface area (Å²) < 4.78 is 7.59. The minimum atomic E-state index is 0.206. The highest BCUT2D eigenvalue weighted by molar-refractivity contribution is 7.99. The SMILES string of the molecule is OCC[NH2+]CCSc1nnc(-c2ccco2)n1Cc1ccccc1. The molecule has 0 bridgehead atoms. The third kappa shape index (κ3) is 4.25. The Labute approximate surface area is 144 Å². The fourth-order valence-corrected chi connectivity index (χ4v) is 3.23. The van der Waals surface area contributed by atoms with Gasteiger partial charge >= 0.3 is 0 Å². The largest absolute Gasteiger partial charge is 0.461 e. The van der Waals surface area contributed by atoms with Crippen LogP contribution in [-0.4, -0.2) is 45.3 Å². The van der Waals surface area contributed by atoms with Gasteiger partial charge in [0.25, 0.3) is 0 Å². The van der Waals surface area contributed by atoms with Crippen molar-refractivity contribution in [2.45, 2.75) is 11.7 Å². The molecule has 0 amide bonds. The zero-order valence-corrected chi connectivity index (χ0v) is 14.2. The predicted octanol–water partition coefficient (Wildman–Crippen LogP) is 1.23. The number of thioether (sulfide) groups is 1. The van der Waals surface area contributed by atoms with Crippen molar-refractivity contribution in [3.05, 3.63) is 54.3 Å². The van der Waals surface area contributed by atoms with Crippen LogP contribution in [0.4, 0.5) is 0 Å². The molecule has 3 rings (SSSR count). The fourth-order valence-electron chi connectivity index (χ4n) is 2.36. The molecule has 6 nitrogen and oxygen atoms in total. The molecule has 0 unspecified atom stereocenters. The minimum absolute atomic E-state index is 0.206. The highest BCUT2D eigenvalue weighted by atomic mass is 32.2. The van der Waals surface area contributed by atoms with Crippen LogP contribution in [0.25, 0.3) is 11.6 Å². The Balaban J connectivity index is 1.77. The van der Waals surface area contributed by atoms with Gasteiger partial charge in [0.05, 0.1) is 38.3 Å². The molecule has 0 aliphatic heterocycles. The Hall–Kier alpha value is -2.09. The number of hydrogen-bond donors (Lipinski definition) is 2. The maximum Gasteiger partial charge on any atom is 0.200 e. The first-order chi connectivity index (χ1) is 11.9. The van der Waals surface area contributed by atoms with Crippen LogP contribution in [0.3, 0.4) is 0 Å². The van der Waals surface area contributed by atoms with E-state index in [0.717, 1.165) is 35.6 Å². The lowest BCUT2D eigenvalue weighted by Crippen LogP contribution is -2.85. The van der Waals surface area contributed by atoms with Gasteiger partial charge in [-0.15, -0.1) is 10.2 Å². The Morgan fingerprint density at radius 3 is 2.71 bits per heavy atom. The number of benzene rings is 1. The van der Waals surface area contributed by atoms with Gasteiger partial charge in [0.1, 0.15) is 0 Å². The van der Waals surface area contributed by atoms with E-state index < -0.39 is 0 Å². The molecule has 0 atom stereocenters. The van der Waals surface area contributed by atoms with Crippen LogP contribution in [0.2, 0.25) is 0 Å². The molecule has 2 aromatic heterocycles. The average Bonchev–Trinajstić information content (AvgIpc) is 3.26. The zero-order valence-electron chi connectivity index (χ0n) is 13.3. The van der Waals surface area contributed by atoms with Gasteiger partial charge in [0.2, 0.25) is 5.82 Å². The van der Waals surface area contributed by atoms with Gasteiger partial charge in [-0.3, -0.25) is 4.57 Å². The van der Waals surface area contributed by atoms with Gasteiger partial charge in [0.15, 0.2) is 10.9 Å². The van der Waals surface area contributed by atoms with Crippen LogP contribution < -0.4 is 5.32 Å². The summed E-state index contributed by atoms with van der Waals surface area (Å²) in [5.74, 6) is 2.37. The first kappa shape index (κ1) is 16.8. The van der Waals surface area contributed by atoms with Gasteiger partial charge < -0.3 is 14.8 Å². The van der Waals surface area contributed by atoms with Crippen molar-refractivity contribution >= 4 is 11.8 Å². The van der Waals surface area contributed by atoms with Crippen LogP contribution in [0.1, 0.15) is 5.56 Å². The van der Waals surface area contributed by atoms with Crippen LogP contribution in [0, 0.1) is 0 Å². The van der Waals surface area contributed by atoms with Crippen molar-refractivity contribution in [3.63, 3.8) is 0 Å². The number of hydrogen-bond acceptors (Lipinski definition) is 5. The lowest BCUT2D eigenvalue weighted by atomic mass is 10.2. The van der Waals surface area contributed by atoms with E-state index in [1.54, 1.807) is 18.0 Å². The van der Waals surface area contributed by atoms with E-state index in [1.165, 1.54) is 5.56 Å². The van der Waals surface area contributed by atoms with Crippen molar-refractivity contribution < 1.29 is 14.8 Å². The topological polar surface area (TPSA) is 80.7 Å². The van der Waals surface area contributed by atoms with Gasteiger partial charge in [-0.1, -0.05) is 42.1 Å². The number of rotatable bonds is 9. The summed E-state index contributed by atoms with van der Waals surface area (Å²) in [4.78, 5) is 0. The second-order valence-electron chi connectivity index (χ2n) is 5.29. The molecule has 0 aliphatic rings. The number of quaternary nitrogens is 1. The molecule has 2 heterocycles. The Morgan fingerprint density at radius 2 is 1.96 bits per heavy atom. The van der Waals surface area contributed by atoms with Gasteiger partial charge in [0, 0.05) is 0 Å². The average molecular weight is 345 g/mol. The van der Waals surface area contributed by atoms with E-state index in [4.69, 9.17) is 9.52 Å². The Morgan fingerprint density at radius 1 is 1.08 bits per heavy atom. The van der Waals surface area contributed by atoms with Crippen molar-refractivity contribution in [1.82, 2.24) is 14.8 Å². The molecule has 0 aliphatic carbocycles. The predicted molar refractivity (Wildman–Crippen MR) is 92.7 cm³/mol. The second-order valence-corrected chi connectivity index (χ2v) is 6.36. The Bertz CT molecular complexity index is 728. The standard InChI is InChI=1S/C17H20N4O2S/c22-10-8-18-9-12-24-17-20-19-16(15-7-4-11-23-15)21(17)13-14-5-2-1-3-6-14/h1-7,11,18,22H,8-10,12-13H2/p+1. The molecule has 0 saturated carbocycles. The van der Waals surface area contributed by atoms with E-state index in [2.05, 4.69) is 32.2 Å². The first-order valence-electron chi connectivity index (χ1n) is 7.95. The molecule has 3 N–H and O–H groups in total. The normalized spacial score (nSPS) is 11.0. The molecule has 0 fully saturated rings. The maximum atomic E-state index is 8.82. The molecule has 24 heavy (non-hydrogen) atoms. The van der Waals surface area contributed by atoms with E-state index in [0.29, 0.717) is 6.54 Å². The summed E-state index contributed by atoms with van der Waals surface area (Å²) in [7, 11) is 0. The van der Waals surface area contributed by atoms with E-state index in [1.807, 2.05) is 30.3 Å². The monoisotopic (exact) mass is 345 g/mol. The second kappa shape index (κ2) is 8.68. The van der Waals surface area contributed by atoms with Gasteiger partial charge in [-0.2, -0.15) is 0 Å². The Kier molecular flexibility index (Phi) is 6.06. The van der Waals surface area contributed by atoms with Crippen LogP contribution >= 0.6 is 11.8 Å². The molecular formula is C17H21N4O2S+. The zero-order chi connectivity index (χ0) is 16.6. The number of aromatic nitrogens is 3. The summed E-state index contributed by atoms with van der Waals surface area (Å²) in [6, 6.07) is 14.0. The van der Waals surface area contributed by atoms with Crippen molar-refractivity contribution in [1.29, 1.82) is 0 Å². The quantitative estimate of drug-likeness (QED) is 0.450.